The fraction of sp³-hybridized carbons (Fsp3) is 0.333. The molecule has 110 valence electrons. The van der Waals surface area contributed by atoms with Gasteiger partial charge in [-0.1, -0.05) is 107 Å². The van der Waals surface area contributed by atoms with Crippen molar-refractivity contribution in [3.63, 3.8) is 0 Å². The molecule has 0 bridgehead atoms. The molecule has 0 nitrogen and oxygen atoms in total. The van der Waals surface area contributed by atoms with Crippen molar-refractivity contribution in [1.82, 2.24) is 0 Å². The van der Waals surface area contributed by atoms with Crippen molar-refractivity contribution in [2.45, 2.75) is 46.0 Å². The fourth-order valence-electron chi connectivity index (χ4n) is 2.63. The van der Waals surface area contributed by atoms with Gasteiger partial charge in [0.05, 0.1) is 0 Å². The van der Waals surface area contributed by atoms with E-state index in [0.717, 1.165) is 0 Å². The van der Waals surface area contributed by atoms with Crippen LogP contribution in [0.15, 0.2) is 60.7 Å². The summed E-state index contributed by atoms with van der Waals surface area (Å²) in [6.07, 6.45) is 7.01. The van der Waals surface area contributed by atoms with Crippen LogP contribution in [0.3, 0.4) is 0 Å². The Morgan fingerprint density at radius 3 is 1.38 bits per heavy atom. The van der Waals surface area contributed by atoms with Crippen LogP contribution >= 0.6 is 0 Å². The lowest BCUT2D eigenvalue weighted by molar-refractivity contribution is 0.656. The second-order valence-corrected chi connectivity index (χ2v) is 5.57. The minimum absolute atomic E-state index is 1.31. The summed E-state index contributed by atoms with van der Waals surface area (Å²) in [5.74, 6) is 0. The van der Waals surface area contributed by atoms with Gasteiger partial charge in [0.2, 0.25) is 0 Å². The lowest BCUT2D eigenvalue weighted by Gasteiger charge is -2.02. The topological polar surface area (TPSA) is 0 Å². The highest BCUT2D eigenvalue weighted by Gasteiger charge is 1.97. The molecule has 0 unspecified atom stereocenters. The van der Waals surface area contributed by atoms with Crippen molar-refractivity contribution < 1.29 is 0 Å². The molecule has 0 amide bonds. The fourth-order valence-corrected chi connectivity index (χ4v) is 2.63. The molecule has 0 N–H and O–H groups in total. The van der Waals surface area contributed by atoms with Gasteiger partial charge in [0.25, 0.3) is 0 Å². The molecule has 0 spiro atoms. The molecule has 21 heavy (non-hydrogen) atoms. The second-order valence-electron chi connectivity index (χ2n) is 5.57. The van der Waals surface area contributed by atoms with Crippen LogP contribution in [0.5, 0.6) is 0 Å². The van der Waals surface area contributed by atoms with Gasteiger partial charge in [0.15, 0.2) is 0 Å². The van der Waals surface area contributed by atoms with E-state index in [4.69, 9.17) is 0 Å². The first-order chi connectivity index (χ1) is 10.4. The number of rotatable bonds is 4. The van der Waals surface area contributed by atoms with Crippen molar-refractivity contribution >= 4 is 21.5 Å². The van der Waals surface area contributed by atoms with Gasteiger partial charge in [0.1, 0.15) is 0 Å². The summed E-state index contributed by atoms with van der Waals surface area (Å²) in [5.41, 5.74) is 0. The number of hydrogen-bond acceptors (Lipinski definition) is 0. The van der Waals surface area contributed by atoms with Gasteiger partial charge in [-0.3, -0.25) is 0 Å². The lowest BCUT2D eigenvalue weighted by atomic mass is 10.0. The van der Waals surface area contributed by atoms with Gasteiger partial charge in [-0.2, -0.15) is 0 Å². The van der Waals surface area contributed by atoms with E-state index < -0.39 is 0 Å². The Morgan fingerprint density at radius 1 is 0.524 bits per heavy atom. The van der Waals surface area contributed by atoms with Crippen molar-refractivity contribution in [2.24, 2.45) is 0 Å². The summed E-state index contributed by atoms with van der Waals surface area (Å²) in [6, 6.07) is 21.4. The first-order valence-corrected chi connectivity index (χ1v) is 8.23. The number of benzene rings is 3. The van der Waals surface area contributed by atoms with E-state index in [1.807, 2.05) is 0 Å². The number of hydrogen-bond donors (Lipinski definition) is 0. The molecule has 3 aromatic carbocycles. The average Bonchev–Trinajstić information content (AvgIpc) is 2.56. The summed E-state index contributed by atoms with van der Waals surface area (Å²) in [7, 11) is 0. The van der Waals surface area contributed by atoms with E-state index in [9.17, 15) is 0 Å². The number of fused-ring (bicyclic) bond motifs is 3. The molecule has 0 aliphatic carbocycles. The highest BCUT2D eigenvalue weighted by molar-refractivity contribution is 6.07. The van der Waals surface area contributed by atoms with Crippen LogP contribution in [0, 0.1) is 0 Å². The molecule has 0 aliphatic heterocycles. The Hall–Kier alpha value is -1.82. The maximum absolute atomic E-state index is 2.25. The lowest BCUT2D eigenvalue weighted by Crippen LogP contribution is -1.75. The molecule has 0 aliphatic rings. The van der Waals surface area contributed by atoms with Gasteiger partial charge < -0.3 is 0 Å². The Labute approximate surface area is 128 Å². The molecule has 3 rings (SSSR count). The Kier molecular flexibility index (Phi) is 6.27. The zero-order valence-corrected chi connectivity index (χ0v) is 13.3. The van der Waals surface area contributed by atoms with Gasteiger partial charge in [-0.25, -0.2) is 0 Å². The zero-order chi connectivity index (χ0) is 14.9. The summed E-state index contributed by atoms with van der Waals surface area (Å²) in [4.78, 5) is 0. The smallest absolute Gasteiger partial charge is 0.0105 e. The predicted octanol–water partition coefficient (Wildman–Crippen LogP) is 6.97. The largest absolute Gasteiger partial charge is 0.0654 e. The summed E-state index contributed by atoms with van der Waals surface area (Å²) >= 11 is 0. The third kappa shape index (κ3) is 4.32. The summed E-state index contributed by atoms with van der Waals surface area (Å²) in [5, 5.41) is 5.30. The standard InChI is InChI=1S/C14H10.C7H16/c1-3-7-13-11(5-1)9-10-12-6-2-4-8-14(12)13;1-3-5-7-6-4-2/h1-10H;3-7H2,1-2H3. The average molecular weight is 278 g/mol. The predicted molar refractivity (Wildman–Crippen MR) is 95.9 cm³/mol. The SMILES string of the molecule is CCCCCCC.c1ccc2c(c1)ccc1ccccc12. The molecular formula is C21H26. The van der Waals surface area contributed by atoms with Gasteiger partial charge in [-0.05, 0) is 21.5 Å². The monoisotopic (exact) mass is 278 g/mol. The third-order valence-corrected chi connectivity index (χ3v) is 3.86. The highest BCUT2D eigenvalue weighted by atomic mass is 14.0. The van der Waals surface area contributed by atoms with Crippen molar-refractivity contribution in [1.29, 1.82) is 0 Å². The Balaban J connectivity index is 0.000000199. The summed E-state index contributed by atoms with van der Waals surface area (Å²) in [6.45, 7) is 4.49. The number of unbranched alkanes of at least 4 members (excludes halogenated alkanes) is 4. The van der Waals surface area contributed by atoms with Crippen LogP contribution in [-0.2, 0) is 0 Å². The molecule has 3 aromatic rings. The minimum atomic E-state index is 1.31. The van der Waals surface area contributed by atoms with Crippen molar-refractivity contribution in [3.05, 3.63) is 60.7 Å². The molecule has 0 aromatic heterocycles. The maximum atomic E-state index is 2.25. The maximum Gasteiger partial charge on any atom is -0.0105 e. The van der Waals surface area contributed by atoms with E-state index in [1.165, 1.54) is 53.6 Å². The molecule has 0 saturated carbocycles. The highest BCUT2D eigenvalue weighted by Crippen LogP contribution is 2.24. The quantitative estimate of drug-likeness (QED) is 0.357. The molecule has 0 radical (unpaired) electrons. The first kappa shape index (κ1) is 15.6. The molecule has 0 fully saturated rings. The molecule has 0 saturated heterocycles. The molecule has 0 atom stereocenters. The van der Waals surface area contributed by atoms with E-state index >= 15 is 0 Å². The molecule has 0 heteroatoms. The van der Waals surface area contributed by atoms with Gasteiger partial charge in [-0.15, -0.1) is 0 Å². The second kappa shape index (κ2) is 8.46. The summed E-state index contributed by atoms with van der Waals surface area (Å²) < 4.78 is 0. The van der Waals surface area contributed by atoms with E-state index in [2.05, 4.69) is 74.5 Å². The molecular weight excluding hydrogens is 252 g/mol. The van der Waals surface area contributed by atoms with Crippen LogP contribution in [-0.4, -0.2) is 0 Å². The van der Waals surface area contributed by atoms with Crippen molar-refractivity contribution in [3.8, 4) is 0 Å². The van der Waals surface area contributed by atoms with E-state index in [1.54, 1.807) is 0 Å². The normalized spacial score (nSPS) is 10.4. The minimum Gasteiger partial charge on any atom is -0.0654 e. The Morgan fingerprint density at radius 2 is 0.952 bits per heavy atom. The zero-order valence-electron chi connectivity index (χ0n) is 13.3. The van der Waals surface area contributed by atoms with Crippen LogP contribution < -0.4 is 0 Å². The first-order valence-electron chi connectivity index (χ1n) is 8.23. The Bertz CT molecular complexity index is 608. The van der Waals surface area contributed by atoms with Crippen LogP contribution in [0.25, 0.3) is 21.5 Å². The van der Waals surface area contributed by atoms with Crippen molar-refractivity contribution in [2.75, 3.05) is 0 Å². The van der Waals surface area contributed by atoms with Gasteiger partial charge in [0, 0.05) is 0 Å². The molecule has 0 heterocycles. The van der Waals surface area contributed by atoms with Crippen LogP contribution in [0.4, 0.5) is 0 Å². The third-order valence-electron chi connectivity index (χ3n) is 3.86. The van der Waals surface area contributed by atoms with Crippen LogP contribution in [0.2, 0.25) is 0 Å². The van der Waals surface area contributed by atoms with Crippen LogP contribution in [0.1, 0.15) is 46.0 Å². The van der Waals surface area contributed by atoms with E-state index in [-0.39, 0.29) is 0 Å². The van der Waals surface area contributed by atoms with E-state index in [0.29, 0.717) is 0 Å². The van der Waals surface area contributed by atoms with Gasteiger partial charge >= 0.3 is 0 Å².